The second-order valence-electron chi connectivity index (χ2n) is 3.53. The first-order valence-electron chi connectivity index (χ1n) is 5.08. The first-order chi connectivity index (χ1) is 6.52. The van der Waals surface area contributed by atoms with E-state index in [1.807, 2.05) is 19.9 Å². The summed E-state index contributed by atoms with van der Waals surface area (Å²) in [6.07, 6.45) is 4.19. The van der Waals surface area contributed by atoms with Crippen molar-refractivity contribution in [3.63, 3.8) is 0 Å². The van der Waals surface area contributed by atoms with Gasteiger partial charge < -0.3 is 5.73 Å². The van der Waals surface area contributed by atoms with Gasteiger partial charge >= 0.3 is 0 Å². The van der Waals surface area contributed by atoms with E-state index in [1.54, 1.807) is 0 Å². The fourth-order valence-electron chi connectivity index (χ4n) is 1.16. The van der Waals surface area contributed by atoms with E-state index in [1.165, 1.54) is 0 Å². The second kappa shape index (κ2) is 7.01. The van der Waals surface area contributed by atoms with Gasteiger partial charge in [-0.3, -0.25) is 0 Å². The molecule has 0 spiro atoms. The summed E-state index contributed by atoms with van der Waals surface area (Å²) in [5.74, 6) is 0.574. The Balaban J connectivity index is 3.93. The van der Waals surface area contributed by atoms with E-state index < -0.39 is 9.84 Å². The lowest BCUT2D eigenvalue weighted by Crippen LogP contribution is -2.10. The molecule has 3 nitrogen and oxygen atoms in total. The van der Waals surface area contributed by atoms with Crippen LogP contribution >= 0.6 is 0 Å². The Morgan fingerprint density at radius 3 is 2.50 bits per heavy atom. The van der Waals surface area contributed by atoms with Crippen LogP contribution in [0.5, 0.6) is 0 Å². The number of hydrogen-bond acceptors (Lipinski definition) is 3. The molecule has 0 radical (unpaired) electrons. The molecule has 0 saturated heterocycles. The van der Waals surface area contributed by atoms with Crippen molar-refractivity contribution in [1.29, 1.82) is 0 Å². The molecule has 0 unspecified atom stereocenters. The second-order valence-corrected chi connectivity index (χ2v) is 5.83. The minimum atomic E-state index is -2.82. The Morgan fingerprint density at radius 2 is 2.00 bits per heavy atom. The number of sulfone groups is 1. The zero-order valence-electron chi connectivity index (χ0n) is 9.12. The van der Waals surface area contributed by atoms with Crippen LogP contribution in [0.2, 0.25) is 0 Å². The van der Waals surface area contributed by atoms with E-state index >= 15 is 0 Å². The monoisotopic (exact) mass is 219 g/mol. The van der Waals surface area contributed by atoms with Crippen LogP contribution in [0.4, 0.5) is 0 Å². The summed E-state index contributed by atoms with van der Waals surface area (Å²) in [5, 5.41) is 0. The minimum absolute atomic E-state index is 0.272. The van der Waals surface area contributed by atoms with Gasteiger partial charge in [0.2, 0.25) is 0 Å². The third-order valence-corrected chi connectivity index (χ3v) is 3.84. The molecule has 4 heteroatoms. The molecule has 2 N–H and O–H groups in total. The van der Waals surface area contributed by atoms with Crippen LogP contribution in [0.3, 0.4) is 0 Å². The lowest BCUT2D eigenvalue weighted by molar-refractivity contribution is 0.593. The van der Waals surface area contributed by atoms with Gasteiger partial charge in [0.15, 0.2) is 9.84 Å². The molecule has 0 saturated carbocycles. The molecule has 0 aromatic carbocycles. The van der Waals surface area contributed by atoms with E-state index in [2.05, 4.69) is 0 Å². The van der Waals surface area contributed by atoms with Crippen molar-refractivity contribution < 1.29 is 8.42 Å². The summed E-state index contributed by atoms with van der Waals surface area (Å²) in [7, 11) is -2.82. The van der Waals surface area contributed by atoms with Crippen molar-refractivity contribution in [3.05, 3.63) is 11.6 Å². The van der Waals surface area contributed by atoms with Gasteiger partial charge in [0, 0.05) is 5.75 Å². The Kier molecular flexibility index (Phi) is 6.83. The minimum Gasteiger partial charge on any atom is -0.330 e. The molecule has 0 aromatic heterocycles. The first kappa shape index (κ1) is 13.7. The highest BCUT2D eigenvalue weighted by atomic mass is 32.2. The summed E-state index contributed by atoms with van der Waals surface area (Å²) in [4.78, 5) is 0. The highest BCUT2D eigenvalue weighted by molar-refractivity contribution is 7.91. The molecule has 0 amide bonds. The normalized spacial score (nSPS) is 13.2. The predicted octanol–water partition coefficient (Wildman–Crippen LogP) is 1.50. The fraction of sp³-hybridized carbons (Fsp3) is 0.800. The quantitative estimate of drug-likeness (QED) is 0.660. The maximum Gasteiger partial charge on any atom is 0.150 e. The smallest absolute Gasteiger partial charge is 0.150 e. The molecular formula is C10H21NO2S. The van der Waals surface area contributed by atoms with Gasteiger partial charge in [0.1, 0.15) is 0 Å². The van der Waals surface area contributed by atoms with Crippen molar-refractivity contribution in [2.45, 2.75) is 33.1 Å². The van der Waals surface area contributed by atoms with Crippen LogP contribution in [0, 0.1) is 0 Å². The van der Waals surface area contributed by atoms with Crippen LogP contribution in [-0.2, 0) is 9.84 Å². The Bertz CT molecular complexity index is 268. The van der Waals surface area contributed by atoms with Gasteiger partial charge in [0.25, 0.3) is 0 Å². The van der Waals surface area contributed by atoms with Gasteiger partial charge in [-0.25, -0.2) is 8.42 Å². The van der Waals surface area contributed by atoms with Crippen molar-refractivity contribution in [2.75, 3.05) is 18.1 Å². The van der Waals surface area contributed by atoms with Gasteiger partial charge in [-0.2, -0.15) is 0 Å². The molecule has 0 aliphatic heterocycles. The Labute approximate surface area is 87.3 Å². The highest BCUT2D eigenvalue weighted by Crippen LogP contribution is 2.05. The average molecular weight is 219 g/mol. The fourth-order valence-corrected chi connectivity index (χ4v) is 2.62. The average Bonchev–Trinajstić information content (AvgIpc) is 2.11. The molecule has 0 aromatic rings. The zero-order valence-corrected chi connectivity index (χ0v) is 9.94. The van der Waals surface area contributed by atoms with Crippen LogP contribution in [-0.4, -0.2) is 26.5 Å². The summed E-state index contributed by atoms with van der Waals surface area (Å²) in [6, 6.07) is 0. The third kappa shape index (κ3) is 7.09. The van der Waals surface area contributed by atoms with Crippen molar-refractivity contribution in [1.82, 2.24) is 0 Å². The van der Waals surface area contributed by atoms with E-state index in [9.17, 15) is 8.42 Å². The van der Waals surface area contributed by atoms with Gasteiger partial charge in [-0.15, -0.1) is 0 Å². The summed E-state index contributed by atoms with van der Waals surface area (Å²) in [5.41, 5.74) is 6.46. The summed E-state index contributed by atoms with van der Waals surface area (Å²) in [6.45, 7) is 4.46. The summed E-state index contributed by atoms with van der Waals surface area (Å²) >= 11 is 0. The maximum absolute atomic E-state index is 11.4. The van der Waals surface area contributed by atoms with Crippen LogP contribution in [0.15, 0.2) is 11.6 Å². The highest BCUT2D eigenvalue weighted by Gasteiger charge is 2.08. The number of nitrogens with two attached hydrogens (primary N) is 1. The van der Waals surface area contributed by atoms with Crippen LogP contribution < -0.4 is 5.73 Å². The first-order valence-corrected chi connectivity index (χ1v) is 6.90. The number of allylic oxidation sites excluding steroid dienone is 1. The van der Waals surface area contributed by atoms with Crippen molar-refractivity contribution in [2.24, 2.45) is 5.73 Å². The van der Waals surface area contributed by atoms with Gasteiger partial charge in [-0.05, 0) is 32.7 Å². The topological polar surface area (TPSA) is 60.2 Å². The molecule has 0 aliphatic rings. The zero-order chi connectivity index (χ0) is 11.0. The maximum atomic E-state index is 11.4. The van der Waals surface area contributed by atoms with E-state index in [0.29, 0.717) is 25.1 Å². The Hall–Kier alpha value is -0.350. The molecule has 0 rings (SSSR count). The summed E-state index contributed by atoms with van der Waals surface area (Å²) < 4.78 is 22.7. The molecular weight excluding hydrogens is 198 g/mol. The largest absolute Gasteiger partial charge is 0.330 e. The lowest BCUT2D eigenvalue weighted by Gasteiger charge is -2.02. The molecule has 84 valence electrons. The van der Waals surface area contributed by atoms with Gasteiger partial charge in [0.05, 0.1) is 5.75 Å². The predicted molar refractivity (Wildman–Crippen MR) is 61.0 cm³/mol. The number of hydrogen-bond donors (Lipinski definition) is 1. The van der Waals surface area contributed by atoms with E-state index in [0.717, 1.165) is 12.0 Å². The van der Waals surface area contributed by atoms with Crippen molar-refractivity contribution in [3.8, 4) is 0 Å². The van der Waals surface area contributed by atoms with Crippen LogP contribution in [0.1, 0.15) is 33.1 Å². The van der Waals surface area contributed by atoms with Gasteiger partial charge in [-0.1, -0.05) is 18.6 Å². The lowest BCUT2D eigenvalue weighted by atomic mass is 10.2. The van der Waals surface area contributed by atoms with Crippen LogP contribution in [0.25, 0.3) is 0 Å². The Morgan fingerprint density at radius 1 is 1.36 bits per heavy atom. The van der Waals surface area contributed by atoms with E-state index in [-0.39, 0.29) is 5.75 Å². The SMILES string of the molecule is CCCS(=O)(=O)CCC(C)=CCCN. The molecule has 0 aliphatic carbocycles. The molecule has 0 heterocycles. The van der Waals surface area contributed by atoms with E-state index in [4.69, 9.17) is 5.73 Å². The molecule has 0 atom stereocenters. The number of rotatable bonds is 7. The van der Waals surface area contributed by atoms with Crippen molar-refractivity contribution >= 4 is 9.84 Å². The molecule has 0 bridgehead atoms. The standard InChI is InChI=1S/C10H21NO2S/c1-3-8-14(12,13)9-6-10(2)5-4-7-11/h5H,3-4,6-9,11H2,1-2H3. The molecule has 0 fully saturated rings. The molecule has 14 heavy (non-hydrogen) atoms. The third-order valence-electron chi connectivity index (χ3n) is 1.98.